The molecule has 2 aliphatic heterocycles. The van der Waals surface area contributed by atoms with E-state index < -0.39 is 0 Å². The fourth-order valence-corrected chi connectivity index (χ4v) is 3.55. The maximum absolute atomic E-state index is 5.81. The van der Waals surface area contributed by atoms with E-state index in [4.69, 9.17) is 4.74 Å². The molecule has 2 saturated heterocycles. The zero-order valence-electron chi connectivity index (χ0n) is 11.1. The summed E-state index contributed by atoms with van der Waals surface area (Å²) in [6.45, 7) is 5.46. The van der Waals surface area contributed by atoms with E-state index in [-0.39, 0.29) is 0 Å². The molecule has 2 aliphatic rings. The Morgan fingerprint density at radius 2 is 2.32 bits per heavy atom. The second-order valence-electron chi connectivity index (χ2n) is 5.50. The van der Waals surface area contributed by atoms with Gasteiger partial charge in [-0.1, -0.05) is 22.0 Å². The van der Waals surface area contributed by atoms with Crippen molar-refractivity contribution in [2.75, 3.05) is 32.8 Å². The van der Waals surface area contributed by atoms with E-state index in [1.807, 2.05) is 24.3 Å². The molecule has 4 heteroatoms. The van der Waals surface area contributed by atoms with E-state index in [0.717, 1.165) is 35.3 Å². The SMILES string of the molecule is Brc1cccc(OCCN2CCC3NCCC3C2)c1. The number of halogens is 1. The largest absolute Gasteiger partial charge is 0.492 e. The van der Waals surface area contributed by atoms with Gasteiger partial charge in [0.05, 0.1) is 0 Å². The van der Waals surface area contributed by atoms with Crippen LogP contribution >= 0.6 is 15.9 Å². The molecule has 2 atom stereocenters. The van der Waals surface area contributed by atoms with Crippen LogP contribution in [0.25, 0.3) is 0 Å². The minimum absolute atomic E-state index is 0.779. The maximum Gasteiger partial charge on any atom is 0.120 e. The number of likely N-dealkylation sites (tertiary alicyclic amines) is 1. The Hall–Kier alpha value is -0.580. The first-order chi connectivity index (χ1) is 9.31. The van der Waals surface area contributed by atoms with Gasteiger partial charge in [0, 0.05) is 23.6 Å². The second kappa shape index (κ2) is 6.25. The number of ether oxygens (including phenoxy) is 1. The van der Waals surface area contributed by atoms with Crippen LogP contribution in [-0.2, 0) is 0 Å². The van der Waals surface area contributed by atoms with Crippen molar-refractivity contribution in [3.8, 4) is 5.75 Å². The predicted molar refractivity (Wildman–Crippen MR) is 80.6 cm³/mol. The van der Waals surface area contributed by atoms with Gasteiger partial charge in [-0.15, -0.1) is 0 Å². The highest BCUT2D eigenvalue weighted by Gasteiger charge is 2.32. The summed E-state index contributed by atoms with van der Waals surface area (Å²) in [5.74, 6) is 1.81. The molecule has 0 bridgehead atoms. The van der Waals surface area contributed by atoms with Crippen molar-refractivity contribution in [3.05, 3.63) is 28.7 Å². The van der Waals surface area contributed by atoms with Gasteiger partial charge in [0.25, 0.3) is 0 Å². The van der Waals surface area contributed by atoms with Crippen LogP contribution in [0.15, 0.2) is 28.7 Å². The molecule has 0 aromatic heterocycles. The first kappa shape index (κ1) is 13.4. The minimum atomic E-state index is 0.779. The molecule has 0 saturated carbocycles. The molecular formula is C15H21BrN2O. The van der Waals surface area contributed by atoms with Gasteiger partial charge in [-0.05, 0) is 50.0 Å². The number of rotatable bonds is 4. The summed E-state index contributed by atoms with van der Waals surface area (Å²) in [6.07, 6.45) is 2.63. The van der Waals surface area contributed by atoms with Crippen molar-refractivity contribution in [1.29, 1.82) is 0 Å². The molecule has 0 amide bonds. The summed E-state index contributed by atoms with van der Waals surface area (Å²) in [6, 6.07) is 8.84. The zero-order chi connectivity index (χ0) is 13.1. The summed E-state index contributed by atoms with van der Waals surface area (Å²) in [4.78, 5) is 2.55. The van der Waals surface area contributed by atoms with Gasteiger partial charge in [0.1, 0.15) is 12.4 Å². The number of fused-ring (bicyclic) bond motifs is 1. The number of nitrogens with zero attached hydrogens (tertiary/aromatic N) is 1. The monoisotopic (exact) mass is 324 g/mol. The van der Waals surface area contributed by atoms with Crippen LogP contribution in [0.5, 0.6) is 5.75 Å². The quantitative estimate of drug-likeness (QED) is 0.921. The van der Waals surface area contributed by atoms with Gasteiger partial charge < -0.3 is 10.1 Å². The Balaban J connectivity index is 1.43. The molecule has 1 aromatic carbocycles. The van der Waals surface area contributed by atoms with Gasteiger partial charge >= 0.3 is 0 Å². The number of piperidine rings is 1. The Morgan fingerprint density at radius 1 is 1.37 bits per heavy atom. The van der Waals surface area contributed by atoms with Crippen molar-refractivity contribution < 1.29 is 4.74 Å². The van der Waals surface area contributed by atoms with Gasteiger partial charge in [-0.3, -0.25) is 4.90 Å². The highest BCUT2D eigenvalue weighted by atomic mass is 79.9. The molecule has 2 unspecified atom stereocenters. The molecule has 2 fully saturated rings. The fourth-order valence-electron chi connectivity index (χ4n) is 3.18. The van der Waals surface area contributed by atoms with E-state index in [9.17, 15) is 0 Å². The summed E-state index contributed by atoms with van der Waals surface area (Å²) in [5, 5.41) is 3.60. The third kappa shape index (κ3) is 3.50. The van der Waals surface area contributed by atoms with Crippen LogP contribution in [0, 0.1) is 5.92 Å². The molecule has 0 aliphatic carbocycles. The van der Waals surface area contributed by atoms with Crippen molar-refractivity contribution in [1.82, 2.24) is 10.2 Å². The van der Waals surface area contributed by atoms with Gasteiger partial charge in [-0.2, -0.15) is 0 Å². The third-order valence-corrected chi connectivity index (χ3v) is 4.71. The van der Waals surface area contributed by atoms with Crippen molar-refractivity contribution in [3.63, 3.8) is 0 Å². The highest BCUT2D eigenvalue weighted by Crippen LogP contribution is 2.24. The molecule has 1 N–H and O–H groups in total. The molecule has 104 valence electrons. The first-order valence-electron chi connectivity index (χ1n) is 7.15. The normalized spacial score (nSPS) is 27.2. The molecule has 0 spiro atoms. The summed E-state index contributed by atoms with van der Waals surface area (Å²) in [7, 11) is 0. The second-order valence-corrected chi connectivity index (χ2v) is 6.42. The molecule has 2 heterocycles. The molecular weight excluding hydrogens is 304 g/mol. The topological polar surface area (TPSA) is 24.5 Å². The van der Waals surface area contributed by atoms with Crippen LogP contribution in [0.3, 0.4) is 0 Å². The maximum atomic E-state index is 5.81. The predicted octanol–water partition coefficient (Wildman–Crippen LogP) is 2.51. The van der Waals surface area contributed by atoms with Gasteiger partial charge in [-0.25, -0.2) is 0 Å². The first-order valence-corrected chi connectivity index (χ1v) is 7.95. The lowest BCUT2D eigenvalue weighted by molar-refractivity contribution is 0.138. The average molecular weight is 325 g/mol. The van der Waals surface area contributed by atoms with E-state index in [2.05, 4.69) is 26.1 Å². The van der Waals surface area contributed by atoms with Gasteiger partial charge in [0.2, 0.25) is 0 Å². The fraction of sp³-hybridized carbons (Fsp3) is 0.600. The number of benzene rings is 1. The summed E-state index contributed by atoms with van der Waals surface area (Å²) >= 11 is 3.46. The standard InChI is InChI=1S/C15H21BrN2O/c16-13-2-1-3-14(10-13)19-9-8-18-7-5-15-12(11-18)4-6-17-15/h1-3,10,12,15,17H,4-9,11H2. The molecule has 1 aromatic rings. The van der Waals surface area contributed by atoms with Crippen molar-refractivity contribution in [2.45, 2.75) is 18.9 Å². The number of nitrogens with one attached hydrogen (secondary N) is 1. The lowest BCUT2D eigenvalue weighted by atomic mass is 9.93. The van der Waals surface area contributed by atoms with Crippen LogP contribution < -0.4 is 10.1 Å². The number of hydrogen-bond acceptors (Lipinski definition) is 3. The lowest BCUT2D eigenvalue weighted by Gasteiger charge is -2.34. The van der Waals surface area contributed by atoms with E-state index in [1.54, 1.807) is 0 Å². The average Bonchev–Trinajstić information content (AvgIpc) is 2.86. The third-order valence-electron chi connectivity index (χ3n) is 4.21. The Kier molecular flexibility index (Phi) is 4.41. The smallest absolute Gasteiger partial charge is 0.120 e. The van der Waals surface area contributed by atoms with Crippen LogP contribution in [0.2, 0.25) is 0 Å². The molecule has 19 heavy (non-hydrogen) atoms. The van der Waals surface area contributed by atoms with Gasteiger partial charge in [0.15, 0.2) is 0 Å². The Labute approximate surface area is 123 Å². The molecule has 3 nitrogen and oxygen atoms in total. The van der Waals surface area contributed by atoms with Crippen molar-refractivity contribution in [2.24, 2.45) is 5.92 Å². The van der Waals surface area contributed by atoms with E-state index in [1.165, 1.54) is 32.5 Å². The van der Waals surface area contributed by atoms with Crippen LogP contribution in [-0.4, -0.2) is 43.7 Å². The highest BCUT2D eigenvalue weighted by molar-refractivity contribution is 9.10. The summed E-state index contributed by atoms with van der Waals surface area (Å²) < 4.78 is 6.89. The zero-order valence-corrected chi connectivity index (χ0v) is 12.7. The minimum Gasteiger partial charge on any atom is -0.492 e. The lowest BCUT2D eigenvalue weighted by Crippen LogP contribution is -2.45. The van der Waals surface area contributed by atoms with Crippen LogP contribution in [0.1, 0.15) is 12.8 Å². The molecule has 3 rings (SSSR count). The Morgan fingerprint density at radius 3 is 3.21 bits per heavy atom. The van der Waals surface area contributed by atoms with Crippen molar-refractivity contribution >= 4 is 15.9 Å². The number of hydrogen-bond donors (Lipinski definition) is 1. The van der Waals surface area contributed by atoms with E-state index in [0.29, 0.717) is 0 Å². The molecule has 0 radical (unpaired) electrons. The van der Waals surface area contributed by atoms with Crippen LogP contribution in [0.4, 0.5) is 0 Å². The Bertz CT molecular complexity index is 426. The van der Waals surface area contributed by atoms with E-state index >= 15 is 0 Å². The summed E-state index contributed by atoms with van der Waals surface area (Å²) in [5.41, 5.74) is 0.